The van der Waals surface area contributed by atoms with Gasteiger partial charge in [0.2, 0.25) is 0 Å². The van der Waals surface area contributed by atoms with Gasteiger partial charge >= 0.3 is 6.09 Å². The van der Waals surface area contributed by atoms with Crippen molar-refractivity contribution in [1.82, 2.24) is 4.90 Å². The van der Waals surface area contributed by atoms with Crippen LogP contribution in [0.3, 0.4) is 0 Å². The first-order valence-electron chi connectivity index (χ1n) is 10.2. The lowest BCUT2D eigenvalue weighted by Gasteiger charge is -2.24. The van der Waals surface area contributed by atoms with Crippen LogP contribution in [0.4, 0.5) is 4.79 Å². The standard InChI is InChI=1S/C22H33NO5/c1-22(2,3)28-21(25)23-12-16(14-24)18(13-23)15-9-10-19(26-4)20(11-15)27-17-7-5-6-8-17/h9-11,16-18,24H,5-8,12-14H2,1-4H3/t16-,18-/m1/s1. The topological polar surface area (TPSA) is 68.2 Å². The Bertz CT molecular complexity index is 678. The van der Waals surface area contributed by atoms with Crippen molar-refractivity contribution in [3.63, 3.8) is 0 Å². The van der Waals surface area contributed by atoms with Crippen LogP contribution in [0, 0.1) is 5.92 Å². The number of aliphatic hydroxyl groups excluding tert-OH is 1. The fourth-order valence-electron chi connectivity index (χ4n) is 4.11. The fraction of sp³-hybridized carbons (Fsp3) is 0.682. The van der Waals surface area contributed by atoms with Crippen LogP contribution in [-0.2, 0) is 4.74 Å². The van der Waals surface area contributed by atoms with Crippen LogP contribution in [0.25, 0.3) is 0 Å². The molecule has 0 bridgehead atoms. The van der Waals surface area contributed by atoms with E-state index in [-0.39, 0.29) is 30.6 Å². The van der Waals surface area contributed by atoms with Crippen LogP contribution in [0.2, 0.25) is 0 Å². The first kappa shape index (κ1) is 20.8. The number of carbonyl (C=O) groups excluding carboxylic acids is 1. The Morgan fingerprint density at radius 2 is 1.89 bits per heavy atom. The number of amides is 1. The molecule has 2 aliphatic rings. The number of nitrogens with zero attached hydrogens (tertiary/aromatic N) is 1. The van der Waals surface area contributed by atoms with Crippen molar-refractivity contribution in [2.75, 3.05) is 26.8 Å². The van der Waals surface area contributed by atoms with E-state index in [0.717, 1.165) is 29.9 Å². The molecule has 0 aromatic heterocycles. The van der Waals surface area contributed by atoms with E-state index < -0.39 is 5.60 Å². The van der Waals surface area contributed by atoms with Crippen molar-refractivity contribution in [2.24, 2.45) is 5.92 Å². The maximum Gasteiger partial charge on any atom is 0.410 e. The molecule has 1 saturated heterocycles. The van der Waals surface area contributed by atoms with E-state index in [0.29, 0.717) is 13.1 Å². The third-order valence-electron chi connectivity index (χ3n) is 5.54. The highest BCUT2D eigenvalue weighted by molar-refractivity contribution is 5.69. The second-order valence-electron chi connectivity index (χ2n) is 8.87. The zero-order chi connectivity index (χ0) is 20.3. The summed E-state index contributed by atoms with van der Waals surface area (Å²) in [6.07, 6.45) is 4.45. The van der Waals surface area contributed by atoms with Gasteiger partial charge in [0.25, 0.3) is 0 Å². The highest BCUT2D eigenvalue weighted by atomic mass is 16.6. The number of hydrogen-bond acceptors (Lipinski definition) is 5. The van der Waals surface area contributed by atoms with Gasteiger partial charge in [-0.3, -0.25) is 0 Å². The zero-order valence-corrected chi connectivity index (χ0v) is 17.4. The molecule has 28 heavy (non-hydrogen) atoms. The minimum absolute atomic E-state index is 0.0226. The predicted molar refractivity (Wildman–Crippen MR) is 107 cm³/mol. The Balaban J connectivity index is 1.78. The zero-order valence-electron chi connectivity index (χ0n) is 17.4. The van der Waals surface area contributed by atoms with E-state index in [1.165, 1.54) is 12.8 Å². The van der Waals surface area contributed by atoms with Gasteiger partial charge in [0.05, 0.1) is 13.2 Å². The van der Waals surface area contributed by atoms with Crippen LogP contribution in [-0.4, -0.2) is 54.6 Å². The quantitative estimate of drug-likeness (QED) is 0.823. The van der Waals surface area contributed by atoms with Crippen LogP contribution in [0.1, 0.15) is 57.9 Å². The lowest BCUT2D eigenvalue weighted by atomic mass is 9.89. The van der Waals surface area contributed by atoms with Gasteiger partial charge in [-0.25, -0.2) is 4.79 Å². The van der Waals surface area contributed by atoms with Gasteiger partial charge in [-0.05, 0) is 64.2 Å². The van der Waals surface area contributed by atoms with E-state index in [2.05, 4.69) is 0 Å². The fourth-order valence-corrected chi connectivity index (χ4v) is 4.11. The van der Waals surface area contributed by atoms with Gasteiger partial charge in [-0.2, -0.15) is 0 Å². The highest BCUT2D eigenvalue weighted by Gasteiger charge is 2.38. The summed E-state index contributed by atoms with van der Waals surface area (Å²) in [5.74, 6) is 1.48. The summed E-state index contributed by atoms with van der Waals surface area (Å²) in [6, 6.07) is 5.94. The lowest BCUT2D eigenvalue weighted by molar-refractivity contribution is 0.0283. The Kier molecular flexibility index (Phi) is 6.38. The predicted octanol–water partition coefficient (Wildman–Crippen LogP) is 3.96. The highest BCUT2D eigenvalue weighted by Crippen LogP contribution is 2.39. The molecular formula is C22H33NO5. The number of aliphatic hydroxyl groups is 1. The molecule has 3 rings (SSSR count). The number of carbonyl (C=O) groups is 1. The van der Waals surface area contributed by atoms with Gasteiger partial charge < -0.3 is 24.2 Å². The average molecular weight is 392 g/mol. The van der Waals surface area contributed by atoms with Gasteiger partial charge in [-0.1, -0.05) is 6.07 Å². The Hall–Kier alpha value is -1.95. The van der Waals surface area contributed by atoms with E-state index in [1.807, 2.05) is 39.0 Å². The summed E-state index contributed by atoms with van der Waals surface area (Å²) in [5, 5.41) is 9.90. The Morgan fingerprint density at radius 3 is 2.50 bits per heavy atom. The molecule has 0 unspecified atom stereocenters. The summed E-state index contributed by atoms with van der Waals surface area (Å²) in [4.78, 5) is 14.2. The van der Waals surface area contributed by atoms with Crippen LogP contribution >= 0.6 is 0 Å². The first-order valence-corrected chi connectivity index (χ1v) is 10.2. The molecule has 0 radical (unpaired) electrons. The molecule has 1 amide bonds. The summed E-state index contributed by atoms with van der Waals surface area (Å²) in [6.45, 7) is 6.61. The maximum absolute atomic E-state index is 12.5. The molecule has 1 N–H and O–H groups in total. The number of methoxy groups -OCH3 is 1. The second kappa shape index (κ2) is 8.60. The lowest BCUT2D eigenvalue weighted by Crippen LogP contribution is -2.35. The summed E-state index contributed by atoms with van der Waals surface area (Å²) in [7, 11) is 1.65. The van der Waals surface area contributed by atoms with Gasteiger partial charge in [0.1, 0.15) is 5.60 Å². The van der Waals surface area contributed by atoms with Crippen molar-refractivity contribution in [1.29, 1.82) is 0 Å². The SMILES string of the molecule is COc1ccc([C@H]2CN(C(=O)OC(C)(C)C)C[C@@H]2CO)cc1OC1CCCC1. The minimum atomic E-state index is -0.535. The van der Waals surface area contributed by atoms with Crippen molar-refractivity contribution in [2.45, 2.75) is 64.1 Å². The molecule has 1 aromatic carbocycles. The molecule has 6 heteroatoms. The maximum atomic E-state index is 12.5. The smallest absolute Gasteiger partial charge is 0.410 e. The van der Waals surface area contributed by atoms with Gasteiger partial charge in [-0.15, -0.1) is 0 Å². The molecule has 2 atom stereocenters. The molecule has 156 valence electrons. The summed E-state index contributed by atoms with van der Waals surface area (Å²) < 4.78 is 17.2. The van der Waals surface area contributed by atoms with Gasteiger partial charge in [0, 0.05) is 31.5 Å². The van der Waals surface area contributed by atoms with Crippen molar-refractivity contribution < 1.29 is 24.1 Å². The molecule has 1 aliphatic carbocycles. The first-order chi connectivity index (χ1) is 13.3. The normalized spacial score (nSPS) is 23.1. The molecule has 1 saturated carbocycles. The van der Waals surface area contributed by atoms with E-state index in [4.69, 9.17) is 14.2 Å². The number of benzene rings is 1. The second-order valence-corrected chi connectivity index (χ2v) is 8.87. The molecule has 6 nitrogen and oxygen atoms in total. The molecule has 1 aliphatic heterocycles. The largest absolute Gasteiger partial charge is 0.493 e. The van der Waals surface area contributed by atoms with Crippen molar-refractivity contribution in [3.05, 3.63) is 23.8 Å². The number of likely N-dealkylation sites (tertiary alicyclic amines) is 1. The Morgan fingerprint density at radius 1 is 1.18 bits per heavy atom. The van der Waals surface area contributed by atoms with Crippen molar-refractivity contribution in [3.8, 4) is 11.5 Å². The molecular weight excluding hydrogens is 358 g/mol. The van der Waals surface area contributed by atoms with Crippen LogP contribution in [0.5, 0.6) is 11.5 Å². The monoisotopic (exact) mass is 391 g/mol. The molecule has 0 spiro atoms. The summed E-state index contributed by atoms with van der Waals surface area (Å²) >= 11 is 0. The Labute approximate surface area is 167 Å². The molecule has 2 fully saturated rings. The van der Waals surface area contributed by atoms with Crippen LogP contribution < -0.4 is 9.47 Å². The van der Waals surface area contributed by atoms with E-state index in [1.54, 1.807) is 12.0 Å². The molecule has 1 aromatic rings. The summed E-state index contributed by atoms with van der Waals surface area (Å²) in [5.41, 5.74) is 0.519. The number of hydrogen-bond donors (Lipinski definition) is 1. The number of ether oxygens (including phenoxy) is 3. The third-order valence-corrected chi connectivity index (χ3v) is 5.54. The van der Waals surface area contributed by atoms with Crippen molar-refractivity contribution >= 4 is 6.09 Å². The van der Waals surface area contributed by atoms with E-state index in [9.17, 15) is 9.90 Å². The number of rotatable bonds is 5. The average Bonchev–Trinajstić information content (AvgIpc) is 3.29. The third kappa shape index (κ3) is 4.90. The molecule has 1 heterocycles. The van der Waals surface area contributed by atoms with Gasteiger partial charge in [0.15, 0.2) is 11.5 Å². The minimum Gasteiger partial charge on any atom is -0.493 e. The van der Waals surface area contributed by atoms with Crippen LogP contribution in [0.15, 0.2) is 18.2 Å². The van der Waals surface area contributed by atoms with E-state index >= 15 is 0 Å².